The number of benzene rings is 1. The molecule has 2 aromatic heterocycles. The van der Waals surface area contributed by atoms with Crippen molar-refractivity contribution in [3.8, 4) is 5.75 Å². The molecule has 0 spiro atoms. The summed E-state index contributed by atoms with van der Waals surface area (Å²) < 4.78 is 40.9. The summed E-state index contributed by atoms with van der Waals surface area (Å²) in [7, 11) is 0. The topological polar surface area (TPSA) is 124 Å². The van der Waals surface area contributed by atoms with Crippen molar-refractivity contribution in [1.29, 1.82) is 0 Å². The second-order valence-electron chi connectivity index (χ2n) is 8.90. The number of anilines is 1. The normalized spacial score (nSPS) is 22.3. The number of fused-ring (bicyclic) bond motifs is 1. The molecule has 39 heavy (non-hydrogen) atoms. The average molecular weight is 578 g/mol. The van der Waals surface area contributed by atoms with Gasteiger partial charge in [-0.1, -0.05) is 29.8 Å². The Kier molecular flexibility index (Phi) is 7.73. The van der Waals surface area contributed by atoms with Crippen molar-refractivity contribution >= 4 is 46.6 Å². The molecular weight excluding hydrogens is 556 g/mol. The Morgan fingerprint density at radius 3 is 2.77 bits per heavy atom. The Morgan fingerprint density at radius 2 is 2.03 bits per heavy atom. The van der Waals surface area contributed by atoms with E-state index in [0.717, 1.165) is 12.3 Å². The third-order valence-electron chi connectivity index (χ3n) is 6.23. The minimum atomic E-state index is -3.05. The number of alkyl halides is 2. The van der Waals surface area contributed by atoms with Crippen molar-refractivity contribution in [1.82, 2.24) is 15.3 Å². The summed E-state index contributed by atoms with van der Waals surface area (Å²) in [5, 5.41) is 7.36. The van der Waals surface area contributed by atoms with Crippen LogP contribution in [-0.2, 0) is 15.0 Å². The number of thiazole rings is 1. The van der Waals surface area contributed by atoms with Gasteiger partial charge in [-0.15, -0.1) is 11.3 Å². The van der Waals surface area contributed by atoms with Gasteiger partial charge in [-0.2, -0.15) is 8.78 Å². The third kappa shape index (κ3) is 5.84. The highest BCUT2D eigenvalue weighted by molar-refractivity contribution is 7.10. The van der Waals surface area contributed by atoms with Crippen LogP contribution in [0.25, 0.3) is 0 Å². The SMILES string of the molecule is CC1CC2COC(NC(=O)c3ccccc3)=N[C@@]2(c2nc(NC(=O)c3ncc(OC(F)F)cc3Cl)cs2)CO1. The molecule has 2 unspecified atom stereocenters. The minimum absolute atomic E-state index is 0.0215. The van der Waals surface area contributed by atoms with E-state index in [2.05, 4.69) is 25.3 Å². The first kappa shape index (κ1) is 26.9. The van der Waals surface area contributed by atoms with Crippen LogP contribution in [0.3, 0.4) is 0 Å². The van der Waals surface area contributed by atoms with Gasteiger partial charge in [0.25, 0.3) is 17.8 Å². The molecule has 3 atom stereocenters. The highest BCUT2D eigenvalue weighted by Crippen LogP contribution is 2.45. The van der Waals surface area contributed by atoms with Crippen LogP contribution in [0.5, 0.6) is 5.75 Å². The molecule has 3 aromatic rings. The van der Waals surface area contributed by atoms with E-state index in [9.17, 15) is 18.4 Å². The largest absolute Gasteiger partial charge is 0.465 e. The van der Waals surface area contributed by atoms with Crippen LogP contribution >= 0.6 is 22.9 Å². The number of hydrogen-bond donors (Lipinski definition) is 2. The monoisotopic (exact) mass is 577 g/mol. The van der Waals surface area contributed by atoms with Crippen LogP contribution in [0.1, 0.15) is 39.2 Å². The molecule has 0 aliphatic carbocycles. The van der Waals surface area contributed by atoms with Crippen molar-refractivity contribution in [3.63, 3.8) is 0 Å². The highest BCUT2D eigenvalue weighted by Gasteiger charge is 2.50. The fourth-order valence-electron chi connectivity index (χ4n) is 4.34. The molecule has 1 aromatic carbocycles. The molecule has 2 N–H and O–H groups in total. The van der Waals surface area contributed by atoms with Gasteiger partial charge in [0.05, 0.1) is 30.5 Å². The Labute approximate surface area is 230 Å². The van der Waals surface area contributed by atoms with Crippen molar-refractivity contribution in [2.75, 3.05) is 18.5 Å². The van der Waals surface area contributed by atoms with E-state index in [1.807, 2.05) is 13.0 Å². The molecule has 5 rings (SSSR count). The number of pyridine rings is 1. The van der Waals surface area contributed by atoms with Gasteiger partial charge in [-0.3, -0.25) is 14.9 Å². The molecule has 2 aliphatic heterocycles. The van der Waals surface area contributed by atoms with Crippen LogP contribution in [-0.4, -0.2) is 53.7 Å². The second kappa shape index (κ2) is 11.2. The Bertz CT molecular complexity index is 1410. The first-order valence-corrected chi connectivity index (χ1v) is 13.1. The van der Waals surface area contributed by atoms with E-state index in [1.54, 1.807) is 29.6 Å². The van der Waals surface area contributed by atoms with Gasteiger partial charge in [0.15, 0.2) is 0 Å². The van der Waals surface area contributed by atoms with Gasteiger partial charge in [0.1, 0.15) is 27.8 Å². The standard InChI is InChI=1S/C25H22ClF2N5O5S/c1-13-7-15-10-36-24(32-20(34)14-5-3-2-4-6-14)33-25(15,12-37-13)22-31-18(11-39-22)30-21(35)19-17(26)8-16(9-29-19)38-23(27)28/h2-6,8-9,11,13,15,23H,7,10,12H2,1H3,(H,30,35)(H,32,33,34)/t13?,15?,25-/m0/s1. The number of carbonyl (C=O) groups is 2. The van der Waals surface area contributed by atoms with Gasteiger partial charge in [0.2, 0.25) is 0 Å². The number of amidine groups is 1. The molecule has 2 amide bonds. The Morgan fingerprint density at radius 1 is 1.23 bits per heavy atom. The number of amides is 2. The molecular formula is C25H22ClF2N5O5S. The number of carbonyl (C=O) groups excluding carboxylic acids is 2. The van der Waals surface area contributed by atoms with Crippen molar-refractivity contribution in [2.45, 2.75) is 31.6 Å². The predicted molar refractivity (Wildman–Crippen MR) is 138 cm³/mol. The lowest BCUT2D eigenvalue weighted by atomic mass is 9.79. The summed E-state index contributed by atoms with van der Waals surface area (Å²) in [5.41, 5.74) is -0.676. The number of rotatable bonds is 6. The number of nitrogens with zero attached hydrogens (tertiary/aromatic N) is 3. The summed E-state index contributed by atoms with van der Waals surface area (Å²) in [6.45, 7) is -0.601. The summed E-state index contributed by atoms with van der Waals surface area (Å²) in [6.07, 6.45) is 1.61. The first-order valence-electron chi connectivity index (χ1n) is 11.8. The van der Waals surface area contributed by atoms with Crippen LogP contribution in [0.2, 0.25) is 5.02 Å². The molecule has 0 bridgehead atoms. The maximum absolute atomic E-state index is 12.8. The number of aromatic nitrogens is 2. The number of nitrogens with one attached hydrogen (secondary N) is 2. The van der Waals surface area contributed by atoms with Gasteiger partial charge >= 0.3 is 6.61 Å². The van der Waals surface area contributed by atoms with E-state index in [-0.39, 0.29) is 59.4 Å². The van der Waals surface area contributed by atoms with E-state index in [4.69, 9.17) is 26.1 Å². The molecule has 10 nitrogen and oxygen atoms in total. The molecule has 1 fully saturated rings. The second-order valence-corrected chi connectivity index (χ2v) is 10.2. The zero-order valence-corrected chi connectivity index (χ0v) is 22.0. The number of hydrogen-bond acceptors (Lipinski definition) is 9. The minimum Gasteiger partial charge on any atom is -0.465 e. The van der Waals surface area contributed by atoms with Crippen molar-refractivity contribution < 1.29 is 32.6 Å². The number of ether oxygens (including phenoxy) is 3. The molecule has 2 aliphatic rings. The van der Waals surface area contributed by atoms with Crippen molar-refractivity contribution in [3.05, 3.63) is 69.3 Å². The first-order chi connectivity index (χ1) is 18.7. The summed E-state index contributed by atoms with van der Waals surface area (Å²) in [5.74, 6) is -1.20. The lowest BCUT2D eigenvalue weighted by Gasteiger charge is -2.44. The van der Waals surface area contributed by atoms with Crippen LogP contribution in [0.15, 0.2) is 53.0 Å². The van der Waals surface area contributed by atoms with E-state index >= 15 is 0 Å². The predicted octanol–water partition coefficient (Wildman–Crippen LogP) is 4.48. The quantitative estimate of drug-likeness (QED) is 0.442. The zero-order chi connectivity index (χ0) is 27.6. The third-order valence-corrected chi connectivity index (χ3v) is 7.53. The number of aliphatic imine (C=N–C) groups is 1. The number of halogens is 3. The lowest BCUT2D eigenvalue weighted by Crippen LogP contribution is -2.52. The smallest absolute Gasteiger partial charge is 0.387 e. The highest BCUT2D eigenvalue weighted by atomic mass is 35.5. The fraction of sp³-hybridized carbons (Fsp3) is 0.320. The van der Waals surface area contributed by atoms with E-state index < -0.39 is 18.1 Å². The molecule has 0 saturated carbocycles. The van der Waals surface area contributed by atoms with Crippen molar-refractivity contribution in [2.24, 2.45) is 10.9 Å². The van der Waals surface area contributed by atoms with Crippen LogP contribution in [0.4, 0.5) is 14.6 Å². The van der Waals surface area contributed by atoms with Crippen LogP contribution < -0.4 is 15.4 Å². The molecule has 204 valence electrons. The van der Waals surface area contributed by atoms with Gasteiger partial charge in [-0.25, -0.2) is 15.0 Å². The van der Waals surface area contributed by atoms with Gasteiger partial charge < -0.3 is 19.5 Å². The lowest BCUT2D eigenvalue weighted by molar-refractivity contribution is -0.0739. The van der Waals surface area contributed by atoms with Crippen LogP contribution in [0, 0.1) is 5.92 Å². The van der Waals surface area contributed by atoms with Gasteiger partial charge in [0, 0.05) is 22.9 Å². The summed E-state index contributed by atoms with van der Waals surface area (Å²) in [4.78, 5) is 38.7. The fourth-order valence-corrected chi connectivity index (χ4v) is 5.54. The average Bonchev–Trinajstić information content (AvgIpc) is 3.38. The Hall–Kier alpha value is -3.68. The molecule has 0 radical (unpaired) electrons. The molecule has 1 saturated heterocycles. The maximum Gasteiger partial charge on any atom is 0.387 e. The Balaban J connectivity index is 1.37. The van der Waals surface area contributed by atoms with E-state index in [0.29, 0.717) is 17.0 Å². The summed E-state index contributed by atoms with van der Waals surface area (Å²) in [6, 6.07) is 9.82. The van der Waals surface area contributed by atoms with Gasteiger partial charge in [-0.05, 0) is 25.5 Å². The molecule has 4 heterocycles. The van der Waals surface area contributed by atoms with E-state index in [1.165, 1.54) is 11.3 Å². The zero-order valence-electron chi connectivity index (χ0n) is 20.4. The maximum atomic E-state index is 12.8. The molecule has 14 heteroatoms. The summed E-state index contributed by atoms with van der Waals surface area (Å²) >= 11 is 7.32.